The molecule has 1 aromatic heterocycles. The highest BCUT2D eigenvalue weighted by Crippen LogP contribution is 2.28. The molecule has 0 saturated heterocycles. The zero-order valence-electron chi connectivity index (χ0n) is 9.73. The molecule has 0 amide bonds. The number of rotatable bonds is 4. The molecule has 2 atom stereocenters. The van der Waals surface area contributed by atoms with Gasteiger partial charge < -0.3 is 0 Å². The van der Waals surface area contributed by atoms with E-state index in [2.05, 4.69) is 0 Å². The van der Waals surface area contributed by atoms with Crippen molar-refractivity contribution in [3.63, 3.8) is 0 Å². The van der Waals surface area contributed by atoms with E-state index in [0.29, 0.717) is 15.7 Å². The lowest BCUT2D eigenvalue weighted by Gasteiger charge is -2.11. The predicted octanol–water partition coefficient (Wildman–Crippen LogP) is 4.55. The Bertz CT molecular complexity index is 568. The van der Waals surface area contributed by atoms with Gasteiger partial charge in [-0.25, -0.2) is 4.39 Å². The second-order valence-corrected chi connectivity index (χ2v) is 7.45. The molecule has 18 heavy (non-hydrogen) atoms. The summed E-state index contributed by atoms with van der Waals surface area (Å²) in [7, 11) is -1.15. The summed E-state index contributed by atoms with van der Waals surface area (Å²) in [5.74, 6) is 0.106. The average molecular weight is 303 g/mol. The lowest BCUT2D eigenvalue weighted by molar-refractivity contribution is 0.606. The average Bonchev–Trinajstić information content (AvgIpc) is 2.74. The smallest absolute Gasteiger partial charge is 0.127 e. The molecule has 0 saturated carbocycles. The van der Waals surface area contributed by atoms with Crippen molar-refractivity contribution in [1.29, 1.82) is 0 Å². The van der Waals surface area contributed by atoms with Crippen LogP contribution in [0.3, 0.4) is 0 Å². The van der Waals surface area contributed by atoms with Crippen molar-refractivity contribution in [2.24, 2.45) is 0 Å². The van der Waals surface area contributed by atoms with Crippen LogP contribution in [0.25, 0.3) is 0 Å². The van der Waals surface area contributed by atoms with Crippen LogP contribution in [0.15, 0.2) is 36.4 Å². The van der Waals surface area contributed by atoms with Crippen LogP contribution in [0.4, 0.5) is 4.39 Å². The van der Waals surface area contributed by atoms with Gasteiger partial charge in [-0.3, -0.25) is 4.21 Å². The summed E-state index contributed by atoms with van der Waals surface area (Å²) in [4.78, 5) is 0.960. The summed E-state index contributed by atoms with van der Waals surface area (Å²) in [5.41, 5.74) is 0.499. The van der Waals surface area contributed by atoms with Crippen molar-refractivity contribution in [3.05, 3.63) is 57.0 Å². The van der Waals surface area contributed by atoms with Crippen LogP contribution in [-0.4, -0.2) is 4.21 Å². The van der Waals surface area contributed by atoms with Gasteiger partial charge in [0.05, 0.1) is 15.3 Å². The van der Waals surface area contributed by atoms with Gasteiger partial charge in [-0.1, -0.05) is 29.8 Å². The first-order valence-electron chi connectivity index (χ1n) is 5.43. The van der Waals surface area contributed by atoms with Crippen molar-refractivity contribution < 1.29 is 8.60 Å². The van der Waals surface area contributed by atoms with Gasteiger partial charge in [0.15, 0.2) is 0 Å². The van der Waals surface area contributed by atoms with Gasteiger partial charge in [0.25, 0.3) is 0 Å². The van der Waals surface area contributed by atoms with E-state index in [1.165, 1.54) is 17.4 Å². The Balaban J connectivity index is 2.12. The first-order chi connectivity index (χ1) is 8.58. The third-order valence-electron chi connectivity index (χ3n) is 2.65. The molecule has 0 N–H and O–H groups in total. The molecular weight excluding hydrogens is 291 g/mol. The first-order valence-corrected chi connectivity index (χ1v) is 8.01. The Morgan fingerprint density at radius 1 is 1.33 bits per heavy atom. The molecule has 5 heteroatoms. The summed E-state index contributed by atoms with van der Waals surface area (Å²) in [6.45, 7) is 1.78. The predicted molar refractivity (Wildman–Crippen MR) is 76.0 cm³/mol. The summed E-state index contributed by atoms with van der Waals surface area (Å²) >= 11 is 7.24. The van der Waals surface area contributed by atoms with E-state index in [-0.39, 0.29) is 11.1 Å². The van der Waals surface area contributed by atoms with Gasteiger partial charge in [-0.15, -0.1) is 11.3 Å². The molecule has 0 radical (unpaired) electrons. The van der Waals surface area contributed by atoms with Crippen LogP contribution in [0.1, 0.15) is 22.6 Å². The zero-order chi connectivity index (χ0) is 13.1. The van der Waals surface area contributed by atoms with Gasteiger partial charge in [-0.05, 0) is 25.1 Å². The van der Waals surface area contributed by atoms with E-state index < -0.39 is 10.8 Å². The van der Waals surface area contributed by atoms with Crippen LogP contribution < -0.4 is 0 Å². The van der Waals surface area contributed by atoms with E-state index in [1.54, 1.807) is 31.2 Å². The summed E-state index contributed by atoms with van der Waals surface area (Å²) in [5, 5.41) is -0.327. The minimum atomic E-state index is -1.15. The Morgan fingerprint density at radius 3 is 2.67 bits per heavy atom. The van der Waals surface area contributed by atoms with Crippen molar-refractivity contribution in [2.75, 3.05) is 0 Å². The maximum Gasteiger partial charge on any atom is 0.127 e. The Hall–Kier alpha value is -0.710. The minimum Gasteiger partial charge on any atom is -0.259 e. The molecule has 0 spiro atoms. The van der Waals surface area contributed by atoms with Crippen LogP contribution in [-0.2, 0) is 16.6 Å². The third-order valence-corrected chi connectivity index (χ3v) is 5.70. The van der Waals surface area contributed by atoms with Gasteiger partial charge >= 0.3 is 0 Å². The van der Waals surface area contributed by atoms with Crippen LogP contribution in [0.2, 0.25) is 4.34 Å². The van der Waals surface area contributed by atoms with Crippen molar-refractivity contribution >= 4 is 33.7 Å². The van der Waals surface area contributed by atoms with Gasteiger partial charge in [0.1, 0.15) is 5.82 Å². The third kappa shape index (κ3) is 3.19. The maximum absolute atomic E-state index is 13.6. The molecule has 1 aromatic carbocycles. The lowest BCUT2D eigenvalue weighted by Crippen LogP contribution is -2.06. The number of thiophene rings is 1. The highest BCUT2D eigenvalue weighted by atomic mass is 35.5. The normalized spacial score (nSPS) is 14.4. The van der Waals surface area contributed by atoms with E-state index in [0.717, 1.165) is 4.88 Å². The summed E-state index contributed by atoms with van der Waals surface area (Å²) < 4.78 is 26.5. The monoisotopic (exact) mass is 302 g/mol. The highest BCUT2D eigenvalue weighted by molar-refractivity contribution is 7.84. The lowest BCUT2D eigenvalue weighted by atomic mass is 10.1. The zero-order valence-corrected chi connectivity index (χ0v) is 12.1. The van der Waals surface area contributed by atoms with Crippen molar-refractivity contribution in [2.45, 2.75) is 17.9 Å². The second-order valence-electron chi connectivity index (χ2n) is 3.89. The number of benzene rings is 1. The van der Waals surface area contributed by atoms with E-state index in [1.807, 2.05) is 6.07 Å². The Labute approximate surface area is 117 Å². The fourth-order valence-electron chi connectivity index (χ4n) is 1.64. The second kappa shape index (κ2) is 5.95. The van der Waals surface area contributed by atoms with E-state index in [9.17, 15) is 8.60 Å². The molecule has 1 nitrogen and oxygen atoms in total. The van der Waals surface area contributed by atoms with Crippen molar-refractivity contribution in [1.82, 2.24) is 0 Å². The summed E-state index contributed by atoms with van der Waals surface area (Å²) in [6.07, 6.45) is 0. The molecular formula is C13H12ClFOS2. The standard InChI is InChI=1S/C13H12ClFOS2/c1-9(11-4-2-3-5-12(11)15)18(16)8-10-6-7-13(14)17-10/h2-7,9H,8H2,1H3. The quantitative estimate of drug-likeness (QED) is 0.809. The molecule has 0 aliphatic carbocycles. The highest BCUT2D eigenvalue weighted by Gasteiger charge is 2.17. The Kier molecular flexibility index (Phi) is 4.54. The van der Waals surface area contributed by atoms with Gasteiger partial charge in [0, 0.05) is 21.2 Å². The molecule has 96 valence electrons. The number of hydrogen-bond donors (Lipinski definition) is 0. The summed E-state index contributed by atoms with van der Waals surface area (Å²) in [6, 6.07) is 10.1. The van der Waals surface area contributed by atoms with E-state index in [4.69, 9.17) is 11.6 Å². The van der Waals surface area contributed by atoms with E-state index >= 15 is 0 Å². The minimum absolute atomic E-state index is 0.303. The molecule has 2 aromatic rings. The molecule has 0 aliphatic heterocycles. The van der Waals surface area contributed by atoms with Gasteiger partial charge in [0.2, 0.25) is 0 Å². The Morgan fingerprint density at radius 2 is 2.06 bits per heavy atom. The fourth-order valence-corrected chi connectivity index (χ4v) is 4.21. The molecule has 2 rings (SSSR count). The van der Waals surface area contributed by atoms with Crippen molar-refractivity contribution in [3.8, 4) is 0 Å². The van der Waals surface area contributed by atoms with Crippen LogP contribution in [0.5, 0.6) is 0 Å². The molecule has 0 bridgehead atoms. The van der Waals surface area contributed by atoms with Crippen LogP contribution >= 0.6 is 22.9 Å². The topological polar surface area (TPSA) is 17.1 Å². The first kappa shape index (κ1) is 13.7. The van der Waals surface area contributed by atoms with Gasteiger partial charge in [-0.2, -0.15) is 0 Å². The molecule has 0 aliphatic rings. The number of hydrogen-bond acceptors (Lipinski definition) is 2. The fraction of sp³-hybridized carbons (Fsp3) is 0.231. The van der Waals surface area contributed by atoms with Crippen LogP contribution in [0, 0.1) is 5.82 Å². The maximum atomic E-state index is 13.6. The number of halogens is 2. The SMILES string of the molecule is CC(c1ccccc1F)S(=O)Cc1ccc(Cl)s1. The molecule has 0 fully saturated rings. The largest absolute Gasteiger partial charge is 0.259 e. The molecule has 2 unspecified atom stereocenters. The molecule has 1 heterocycles.